The minimum absolute atomic E-state index is 0.877. The number of aryl methyl sites for hydroxylation is 1. The smallest absolute Gasteiger partial charge is 0.145 e. The van der Waals surface area contributed by atoms with Gasteiger partial charge in [0.05, 0.1) is 5.69 Å². The Hall–Kier alpha value is -3.20. The predicted octanol–water partition coefficient (Wildman–Crippen LogP) is 5.50. The molecule has 3 nitrogen and oxygen atoms in total. The van der Waals surface area contributed by atoms with Gasteiger partial charge in [0.15, 0.2) is 0 Å². The van der Waals surface area contributed by atoms with Gasteiger partial charge in [-0.1, -0.05) is 24.3 Å². The van der Waals surface area contributed by atoms with Crippen LogP contribution in [0.2, 0.25) is 0 Å². The Morgan fingerprint density at radius 2 is 1.67 bits per heavy atom. The molecule has 0 aliphatic carbocycles. The summed E-state index contributed by atoms with van der Waals surface area (Å²) in [6.07, 6.45) is 3.64. The summed E-state index contributed by atoms with van der Waals surface area (Å²) in [5.74, 6) is 0. The average Bonchev–Trinajstić information content (AvgIpc) is 3.01. The van der Waals surface area contributed by atoms with E-state index in [0.717, 1.165) is 49.7 Å². The van der Waals surface area contributed by atoms with Crippen molar-refractivity contribution in [3.05, 3.63) is 72.7 Å². The fourth-order valence-corrected chi connectivity index (χ4v) is 3.41. The first-order chi connectivity index (χ1) is 11.8. The molecule has 0 amide bonds. The summed E-state index contributed by atoms with van der Waals surface area (Å²) in [6, 6.07) is 18.4. The molecule has 0 N–H and O–H groups in total. The Labute approximate surface area is 138 Å². The first kappa shape index (κ1) is 13.3. The van der Waals surface area contributed by atoms with Gasteiger partial charge < -0.3 is 4.42 Å². The van der Waals surface area contributed by atoms with E-state index in [1.54, 1.807) is 6.20 Å². The summed E-state index contributed by atoms with van der Waals surface area (Å²) in [5.41, 5.74) is 4.69. The molecule has 3 aromatic heterocycles. The van der Waals surface area contributed by atoms with Crippen LogP contribution in [0, 0.1) is 6.92 Å². The van der Waals surface area contributed by atoms with Crippen molar-refractivity contribution in [2.75, 3.05) is 0 Å². The van der Waals surface area contributed by atoms with Gasteiger partial charge in [-0.25, -0.2) is 0 Å². The SMILES string of the molecule is Cc1nccc2ccc3c4cccc(-c5ccccn5)c4oc3c12. The van der Waals surface area contributed by atoms with Crippen LogP contribution in [0.1, 0.15) is 5.69 Å². The first-order valence-corrected chi connectivity index (χ1v) is 7.94. The molecule has 0 saturated carbocycles. The number of nitrogens with zero attached hydrogens (tertiary/aromatic N) is 2. The van der Waals surface area contributed by atoms with E-state index >= 15 is 0 Å². The van der Waals surface area contributed by atoms with E-state index in [4.69, 9.17) is 4.42 Å². The van der Waals surface area contributed by atoms with Crippen LogP contribution in [0.4, 0.5) is 0 Å². The zero-order valence-electron chi connectivity index (χ0n) is 13.2. The van der Waals surface area contributed by atoms with E-state index < -0.39 is 0 Å². The van der Waals surface area contributed by atoms with E-state index in [-0.39, 0.29) is 0 Å². The van der Waals surface area contributed by atoms with Gasteiger partial charge in [-0.3, -0.25) is 9.97 Å². The van der Waals surface area contributed by atoms with E-state index in [1.807, 2.05) is 37.4 Å². The standard InChI is InChI=1S/C21H14N2O/c1-13-19-14(10-12-22-13)8-9-16-15-5-4-6-17(20(15)24-21(16)19)18-7-2-3-11-23-18/h2-12H,1H3. The van der Waals surface area contributed by atoms with Gasteiger partial charge >= 0.3 is 0 Å². The molecule has 2 aromatic carbocycles. The van der Waals surface area contributed by atoms with Crippen LogP contribution in [-0.4, -0.2) is 9.97 Å². The largest absolute Gasteiger partial charge is 0.455 e. The van der Waals surface area contributed by atoms with Gasteiger partial charge in [0.25, 0.3) is 0 Å². The fraction of sp³-hybridized carbons (Fsp3) is 0.0476. The molecule has 0 spiro atoms. The van der Waals surface area contributed by atoms with Crippen LogP contribution in [0.25, 0.3) is 44.0 Å². The maximum absolute atomic E-state index is 6.35. The molecular formula is C21H14N2O. The lowest BCUT2D eigenvalue weighted by Crippen LogP contribution is -1.83. The number of rotatable bonds is 1. The van der Waals surface area contributed by atoms with Crippen molar-refractivity contribution in [3.63, 3.8) is 0 Å². The Balaban J connectivity index is 1.96. The third-order valence-corrected chi connectivity index (χ3v) is 4.52. The van der Waals surface area contributed by atoms with Crippen molar-refractivity contribution in [1.29, 1.82) is 0 Å². The van der Waals surface area contributed by atoms with E-state index in [9.17, 15) is 0 Å². The Morgan fingerprint density at radius 1 is 0.750 bits per heavy atom. The van der Waals surface area contributed by atoms with Crippen LogP contribution >= 0.6 is 0 Å². The van der Waals surface area contributed by atoms with Crippen LogP contribution in [-0.2, 0) is 0 Å². The molecule has 24 heavy (non-hydrogen) atoms. The molecule has 0 fully saturated rings. The zero-order valence-corrected chi connectivity index (χ0v) is 13.2. The summed E-state index contributed by atoms with van der Waals surface area (Å²) in [6.45, 7) is 2.02. The summed E-state index contributed by atoms with van der Waals surface area (Å²) in [7, 11) is 0. The second kappa shape index (κ2) is 4.90. The molecule has 0 unspecified atom stereocenters. The van der Waals surface area contributed by atoms with Gasteiger partial charge in [0, 0.05) is 39.8 Å². The number of para-hydroxylation sites is 1. The molecule has 0 aliphatic rings. The highest BCUT2D eigenvalue weighted by atomic mass is 16.3. The number of pyridine rings is 2. The van der Waals surface area contributed by atoms with Crippen LogP contribution in [0.5, 0.6) is 0 Å². The zero-order chi connectivity index (χ0) is 16.1. The monoisotopic (exact) mass is 310 g/mol. The maximum atomic E-state index is 6.35. The fourth-order valence-electron chi connectivity index (χ4n) is 3.41. The van der Waals surface area contributed by atoms with Gasteiger partial charge in [0.2, 0.25) is 0 Å². The number of hydrogen-bond donors (Lipinski definition) is 0. The van der Waals surface area contributed by atoms with Crippen LogP contribution in [0.15, 0.2) is 71.4 Å². The molecule has 0 bridgehead atoms. The summed E-state index contributed by atoms with van der Waals surface area (Å²) in [4.78, 5) is 8.91. The van der Waals surface area contributed by atoms with E-state index in [0.29, 0.717) is 0 Å². The minimum Gasteiger partial charge on any atom is -0.455 e. The highest BCUT2D eigenvalue weighted by Gasteiger charge is 2.15. The second-order valence-electron chi connectivity index (χ2n) is 5.94. The number of fused-ring (bicyclic) bond motifs is 5. The van der Waals surface area contributed by atoms with E-state index in [1.165, 1.54) is 0 Å². The molecule has 0 atom stereocenters. The Kier molecular flexibility index (Phi) is 2.71. The molecule has 3 heterocycles. The quantitative estimate of drug-likeness (QED) is 0.410. The molecule has 3 heteroatoms. The van der Waals surface area contributed by atoms with Gasteiger partial charge in [-0.15, -0.1) is 0 Å². The second-order valence-corrected chi connectivity index (χ2v) is 5.94. The molecule has 114 valence electrons. The summed E-state index contributed by atoms with van der Waals surface area (Å²) in [5, 5.41) is 4.45. The number of aromatic nitrogens is 2. The van der Waals surface area contributed by atoms with Gasteiger partial charge in [-0.2, -0.15) is 0 Å². The van der Waals surface area contributed by atoms with Gasteiger partial charge in [0.1, 0.15) is 11.2 Å². The number of benzene rings is 2. The third-order valence-electron chi connectivity index (χ3n) is 4.52. The lowest BCUT2D eigenvalue weighted by atomic mass is 10.0. The number of furan rings is 1. The highest BCUT2D eigenvalue weighted by Crippen LogP contribution is 2.38. The molecule has 5 rings (SSSR count). The summed E-state index contributed by atoms with van der Waals surface area (Å²) < 4.78 is 6.35. The molecular weight excluding hydrogens is 296 g/mol. The highest BCUT2D eigenvalue weighted by molar-refractivity contribution is 6.17. The topological polar surface area (TPSA) is 38.9 Å². The first-order valence-electron chi connectivity index (χ1n) is 7.94. The maximum Gasteiger partial charge on any atom is 0.145 e. The summed E-state index contributed by atoms with van der Waals surface area (Å²) >= 11 is 0. The van der Waals surface area contributed by atoms with Crippen molar-refractivity contribution in [2.24, 2.45) is 0 Å². The van der Waals surface area contributed by atoms with Crippen LogP contribution < -0.4 is 0 Å². The minimum atomic E-state index is 0.877. The molecule has 0 saturated heterocycles. The van der Waals surface area contributed by atoms with Crippen molar-refractivity contribution < 1.29 is 4.42 Å². The predicted molar refractivity (Wildman–Crippen MR) is 97.0 cm³/mol. The third kappa shape index (κ3) is 1.78. The molecule has 5 aromatic rings. The van der Waals surface area contributed by atoms with Crippen molar-refractivity contribution in [2.45, 2.75) is 6.92 Å². The molecule has 0 radical (unpaired) electrons. The number of hydrogen-bond acceptors (Lipinski definition) is 3. The Morgan fingerprint density at radius 3 is 2.54 bits per heavy atom. The normalized spacial score (nSPS) is 11.5. The lowest BCUT2D eigenvalue weighted by Gasteiger charge is -2.01. The lowest BCUT2D eigenvalue weighted by molar-refractivity contribution is 0.673. The van der Waals surface area contributed by atoms with Crippen molar-refractivity contribution >= 4 is 32.7 Å². The van der Waals surface area contributed by atoms with Gasteiger partial charge in [-0.05, 0) is 42.6 Å². The Bertz CT molecular complexity index is 1210. The van der Waals surface area contributed by atoms with Crippen molar-refractivity contribution in [3.8, 4) is 11.3 Å². The molecule has 0 aliphatic heterocycles. The average molecular weight is 310 g/mol. The van der Waals surface area contributed by atoms with Crippen LogP contribution in [0.3, 0.4) is 0 Å². The van der Waals surface area contributed by atoms with Crippen molar-refractivity contribution in [1.82, 2.24) is 9.97 Å². The van der Waals surface area contributed by atoms with E-state index in [2.05, 4.69) is 40.3 Å².